The van der Waals surface area contributed by atoms with Gasteiger partial charge in [-0.1, -0.05) is 59.6 Å². The van der Waals surface area contributed by atoms with E-state index in [2.05, 4.69) is 21.2 Å². The summed E-state index contributed by atoms with van der Waals surface area (Å²) < 4.78 is 40.7. The minimum absolute atomic E-state index is 0.0734. The van der Waals surface area contributed by atoms with E-state index in [0.29, 0.717) is 18.0 Å². The van der Waals surface area contributed by atoms with Crippen molar-refractivity contribution in [3.05, 3.63) is 82.3 Å². The van der Waals surface area contributed by atoms with Gasteiger partial charge in [-0.25, -0.2) is 8.42 Å². The molecule has 0 heterocycles. The Hall–Kier alpha value is -3.57. The van der Waals surface area contributed by atoms with Crippen molar-refractivity contribution in [3.63, 3.8) is 0 Å². The number of hydrogen-bond donors (Lipinski definition) is 1. The summed E-state index contributed by atoms with van der Waals surface area (Å²) in [5, 5.41) is 2.88. The van der Waals surface area contributed by atoms with E-state index < -0.39 is 28.5 Å². The van der Waals surface area contributed by atoms with E-state index in [0.717, 1.165) is 19.9 Å². The number of sulfonamides is 1. The minimum atomic E-state index is -4.26. The fourth-order valence-corrected chi connectivity index (χ4v) is 5.86. The maximum atomic E-state index is 14.1. The van der Waals surface area contributed by atoms with Gasteiger partial charge in [-0.05, 0) is 61.7 Å². The molecule has 3 aromatic carbocycles. The zero-order valence-corrected chi connectivity index (χ0v) is 27.2. The number of hydrogen-bond acceptors (Lipinski definition) is 6. The topological polar surface area (TPSA) is 105 Å². The highest BCUT2D eigenvalue weighted by Gasteiger charge is 2.33. The Morgan fingerprint density at radius 3 is 2.10 bits per heavy atom. The Bertz CT molecular complexity index is 1480. The molecular weight excluding hydrogens is 622 g/mol. The van der Waals surface area contributed by atoms with Crippen molar-refractivity contribution in [1.29, 1.82) is 0 Å². The predicted molar refractivity (Wildman–Crippen MR) is 167 cm³/mol. The maximum absolute atomic E-state index is 14.1. The predicted octanol–water partition coefficient (Wildman–Crippen LogP) is 5.16. The molecule has 9 nitrogen and oxygen atoms in total. The molecule has 1 N–H and O–H groups in total. The fourth-order valence-electron chi connectivity index (χ4n) is 4.17. The van der Waals surface area contributed by atoms with Crippen LogP contribution in [0.5, 0.6) is 11.5 Å². The summed E-state index contributed by atoms with van der Waals surface area (Å²) in [7, 11) is -1.38. The average molecular weight is 661 g/mol. The number of aryl methyl sites for hydroxylation is 1. The standard InChI is InChI=1S/C31H38BrN3O6S/c1-21(2)18-33-31(37)23(4)34(19-24-9-11-25(32)12-10-24)30(36)20-35(26-13-7-22(3)8-14-26)42(38,39)27-15-16-28(40-5)29(17-27)41-6/h7-17,21,23H,18-20H2,1-6H3,(H,33,37). The molecule has 0 fully saturated rings. The van der Waals surface area contributed by atoms with Crippen LogP contribution in [0.3, 0.4) is 0 Å². The van der Waals surface area contributed by atoms with Crippen molar-refractivity contribution in [2.24, 2.45) is 5.92 Å². The first kappa shape index (κ1) is 32.9. The van der Waals surface area contributed by atoms with E-state index in [4.69, 9.17) is 9.47 Å². The Morgan fingerprint density at radius 1 is 0.905 bits per heavy atom. The monoisotopic (exact) mass is 659 g/mol. The van der Waals surface area contributed by atoms with Crippen molar-refractivity contribution >= 4 is 43.5 Å². The first-order valence-corrected chi connectivity index (χ1v) is 15.7. The minimum Gasteiger partial charge on any atom is -0.493 e. The number of ether oxygens (including phenoxy) is 2. The summed E-state index contributed by atoms with van der Waals surface area (Å²) in [6, 6.07) is 17.7. The lowest BCUT2D eigenvalue weighted by atomic mass is 10.1. The molecule has 0 radical (unpaired) electrons. The third kappa shape index (κ3) is 8.25. The summed E-state index contributed by atoms with van der Waals surface area (Å²) in [5.41, 5.74) is 2.03. The maximum Gasteiger partial charge on any atom is 0.264 e. The van der Waals surface area contributed by atoms with Crippen LogP contribution < -0.4 is 19.1 Å². The van der Waals surface area contributed by atoms with Crippen molar-refractivity contribution in [2.45, 2.75) is 45.2 Å². The lowest BCUT2D eigenvalue weighted by Gasteiger charge is -2.32. The Labute approximate surface area is 257 Å². The zero-order valence-electron chi connectivity index (χ0n) is 24.8. The third-order valence-corrected chi connectivity index (χ3v) is 8.96. The number of rotatable bonds is 13. The van der Waals surface area contributed by atoms with Gasteiger partial charge in [-0.15, -0.1) is 0 Å². The average Bonchev–Trinajstić information content (AvgIpc) is 2.97. The molecule has 0 aliphatic carbocycles. The molecule has 3 aromatic rings. The molecule has 1 unspecified atom stereocenters. The number of carbonyl (C=O) groups is 2. The first-order valence-electron chi connectivity index (χ1n) is 13.5. The Kier molecular flexibility index (Phi) is 11.4. The van der Waals surface area contributed by atoms with Crippen LogP contribution in [-0.4, -0.2) is 58.5 Å². The summed E-state index contributed by atoms with van der Waals surface area (Å²) in [5.74, 6) is -0.0219. The number of benzene rings is 3. The van der Waals surface area contributed by atoms with Crippen LogP contribution in [0.2, 0.25) is 0 Å². The second kappa shape index (κ2) is 14.6. The van der Waals surface area contributed by atoms with Crippen LogP contribution in [0.15, 0.2) is 76.1 Å². The van der Waals surface area contributed by atoms with Crippen LogP contribution >= 0.6 is 15.9 Å². The molecular formula is C31H38BrN3O6S. The van der Waals surface area contributed by atoms with Gasteiger partial charge >= 0.3 is 0 Å². The highest BCUT2D eigenvalue weighted by atomic mass is 79.9. The highest BCUT2D eigenvalue weighted by molar-refractivity contribution is 9.10. The molecule has 1 atom stereocenters. The van der Waals surface area contributed by atoms with Gasteiger partial charge in [0.15, 0.2) is 11.5 Å². The highest BCUT2D eigenvalue weighted by Crippen LogP contribution is 2.32. The first-order chi connectivity index (χ1) is 19.9. The van der Waals surface area contributed by atoms with Crippen molar-refractivity contribution in [1.82, 2.24) is 10.2 Å². The summed E-state index contributed by atoms with van der Waals surface area (Å²) >= 11 is 3.42. The van der Waals surface area contributed by atoms with Gasteiger partial charge in [0, 0.05) is 23.6 Å². The molecule has 0 saturated heterocycles. The van der Waals surface area contributed by atoms with Gasteiger partial charge in [0.1, 0.15) is 12.6 Å². The fraction of sp³-hybridized carbons (Fsp3) is 0.355. The van der Waals surface area contributed by atoms with Crippen LogP contribution in [0, 0.1) is 12.8 Å². The smallest absolute Gasteiger partial charge is 0.264 e. The molecule has 2 amide bonds. The molecule has 226 valence electrons. The van der Waals surface area contributed by atoms with Crippen LogP contribution in [-0.2, 0) is 26.2 Å². The Balaban J connectivity index is 2.04. The number of anilines is 1. The van der Waals surface area contributed by atoms with Crippen LogP contribution in [0.25, 0.3) is 0 Å². The molecule has 0 aliphatic heterocycles. The number of carbonyl (C=O) groups excluding carboxylic acids is 2. The SMILES string of the molecule is COc1ccc(S(=O)(=O)N(CC(=O)N(Cc2ccc(Br)cc2)C(C)C(=O)NCC(C)C)c2ccc(C)cc2)cc1OC. The van der Waals surface area contributed by atoms with Gasteiger partial charge in [-0.3, -0.25) is 13.9 Å². The molecule has 0 bridgehead atoms. The van der Waals surface area contributed by atoms with Crippen LogP contribution in [0.4, 0.5) is 5.69 Å². The normalized spacial score (nSPS) is 12.0. The van der Waals surface area contributed by atoms with E-state index in [1.165, 1.54) is 37.3 Å². The largest absolute Gasteiger partial charge is 0.493 e. The number of nitrogens with one attached hydrogen (secondary N) is 1. The van der Waals surface area contributed by atoms with E-state index in [1.807, 2.05) is 45.0 Å². The summed E-state index contributed by atoms with van der Waals surface area (Å²) in [6.45, 7) is 7.53. The van der Waals surface area contributed by atoms with Gasteiger partial charge in [0.25, 0.3) is 10.0 Å². The quantitative estimate of drug-likeness (QED) is 0.272. The van der Waals surface area contributed by atoms with Gasteiger partial charge in [0.2, 0.25) is 11.8 Å². The van der Waals surface area contributed by atoms with E-state index in [9.17, 15) is 18.0 Å². The van der Waals surface area contributed by atoms with Crippen molar-refractivity contribution < 1.29 is 27.5 Å². The van der Waals surface area contributed by atoms with Crippen LogP contribution in [0.1, 0.15) is 31.9 Å². The second-order valence-electron chi connectivity index (χ2n) is 10.3. The van der Waals surface area contributed by atoms with Crippen molar-refractivity contribution in [2.75, 3.05) is 31.6 Å². The van der Waals surface area contributed by atoms with Gasteiger partial charge in [-0.2, -0.15) is 0 Å². The number of nitrogens with zero attached hydrogens (tertiary/aromatic N) is 2. The molecule has 0 aromatic heterocycles. The molecule has 0 spiro atoms. The summed E-state index contributed by atoms with van der Waals surface area (Å²) in [4.78, 5) is 28.5. The molecule has 42 heavy (non-hydrogen) atoms. The number of methoxy groups -OCH3 is 2. The molecule has 0 aliphatic rings. The van der Waals surface area contributed by atoms with E-state index in [-0.39, 0.29) is 29.0 Å². The lowest BCUT2D eigenvalue weighted by molar-refractivity contribution is -0.139. The molecule has 0 saturated carbocycles. The van der Waals surface area contributed by atoms with Gasteiger partial charge < -0.3 is 19.7 Å². The van der Waals surface area contributed by atoms with E-state index >= 15 is 0 Å². The third-order valence-electron chi connectivity index (χ3n) is 6.66. The second-order valence-corrected chi connectivity index (χ2v) is 13.1. The summed E-state index contributed by atoms with van der Waals surface area (Å²) in [6.07, 6.45) is 0. The number of amides is 2. The van der Waals surface area contributed by atoms with Crippen molar-refractivity contribution in [3.8, 4) is 11.5 Å². The molecule has 11 heteroatoms. The van der Waals surface area contributed by atoms with E-state index in [1.54, 1.807) is 31.2 Å². The Morgan fingerprint density at radius 2 is 1.52 bits per heavy atom. The number of halogens is 1. The lowest BCUT2D eigenvalue weighted by Crippen LogP contribution is -2.51. The molecule has 3 rings (SSSR count). The van der Waals surface area contributed by atoms with Gasteiger partial charge in [0.05, 0.1) is 24.8 Å². The zero-order chi connectivity index (χ0) is 31.0.